The third-order valence-electron chi connectivity index (χ3n) is 4.07. The minimum atomic E-state index is -0.149. The lowest BCUT2D eigenvalue weighted by Crippen LogP contribution is -2.50. The van der Waals surface area contributed by atoms with Gasteiger partial charge in [-0.25, -0.2) is 0 Å². The van der Waals surface area contributed by atoms with E-state index in [2.05, 4.69) is 0 Å². The van der Waals surface area contributed by atoms with Gasteiger partial charge < -0.3 is 14.9 Å². The van der Waals surface area contributed by atoms with Crippen molar-refractivity contribution in [1.29, 1.82) is 0 Å². The first-order chi connectivity index (χ1) is 11.6. The van der Waals surface area contributed by atoms with E-state index < -0.39 is 0 Å². The van der Waals surface area contributed by atoms with Crippen LogP contribution in [0.3, 0.4) is 0 Å². The lowest BCUT2D eigenvalue weighted by Gasteiger charge is -2.35. The number of rotatable bonds is 2. The zero-order chi connectivity index (χ0) is 17.1. The Balaban J connectivity index is 1.63. The van der Waals surface area contributed by atoms with Crippen molar-refractivity contribution >= 4 is 23.4 Å². The van der Waals surface area contributed by atoms with E-state index in [9.17, 15) is 14.7 Å². The summed E-state index contributed by atoms with van der Waals surface area (Å²) in [5, 5.41) is 9.59. The molecule has 2 aromatic carbocycles. The van der Waals surface area contributed by atoms with E-state index in [0.29, 0.717) is 37.3 Å². The first kappa shape index (κ1) is 16.3. The minimum Gasteiger partial charge on any atom is -0.506 e. The molecular weight excluding hydrogens is 328 g/mol. The standard InChI is InChI=1S/C18H17ClN2O3/c19-15-12-14(6-7-16(15)22)18(24)21-10-8-20(9-11-21)17(23)13-4-2-1-3-5-13/h1-7,12,22H,8-11H2. The number of carbonyl (C=O) groups is 2. The van der Waals surface area contributed by atoms with Crippen LogP contribution in [0.2, 0.25) is 5.02 Å². The highest BCUT2D eigenvalue weighted by Gasteiger charge is 2.25. The zero-order valence-corrected chi connectivity index (χ0v) is 13.7. The number of phenols is 1. The van der Waals surface area contributed by atoms with Gasteiger partial charge >= 0.3 is 0 Å². The number of piperazine rings is 1. The number of carbonyl (C=O) groups excluding carboxylic acids is 2. The fraction of sp³-hybridized carbons (Fsp3) is 0.222. The van der Waals surface area contributed by atoms with Crippen molar-refractivity contribution in [3.8, 4) is 5.75 Å². The second-order valence-corrected chi connectivity index (χ2v) is 6.02. The molecule has 0 saturated carbocycles. The number of aromatic hydroxyl groups is 1. The summed E-state index contributed by atoms with van der Waals surface area (Å²) < 4.78 is 0. The SMILES string of the molecule is O=C(c1ccccc1)N1CCN(C(=O)c2ccc(O)c(Cl)c2)CC1. The molecule has 0 aliphatic carbocycles. The second-order valence-electron chi connectivity index (χ2n) is 5.62. The van der Waals surface area contributed by atoms with Gasteiger partial charge in [-0.3, -0.25) is 9.59 Å². The van der Waals surface area contributed by atoms with Crippen LogP contribution in [0, 0.1) is 0 Å². The molecule has 1 saturated heterocycles. The van der Waals surface area contributed by atoms with Crippen LogP contribution in [-0.2, 0) is 0 Å². The van der Waals surface area contributed by atoms with E-state index >= 15 is 0 Å². The summed E-state index contributed by atoms with van der Waals surface area (Å²) in [5.41, 5.74) is 1.09. The van der Waals surface area contributed by atoms with Gasteiger partial charge in [-0.1, -0.05) is 29.8 Å². The summed E-state index contributed by atoms with van der Waals surface area (Å²) >= 11 is 5.86. The summed E-state index contributed by atoms with van der Waals surface area (Å²) in [5.74, 6) is -0.217. The van der Waals surface area contributed by atoms with E-state index in [1.807, 2.05) is 18.2 Å². The summed E-state index contributed by atoms with van der Waals surface area (Å²) in [6.45, 7) is 1.92. The van der Waals surface area contributed by atoms with E-state index in [0.717, 1.165) is 0 Å². The molecule has 3 rings (SSSR count). The van der Waals surface area contributed by atoms with E-state index in [1.54, 1.807) is 28.0 Å². The summed E-state index contributed by atoms with van der Waals surface area (Å²) in [4.78, 5) is 28.3. The van der Waals surface area contributed by atoms with Gasteiger partial charge in [0.1, 0.15) is 5.75 Å². The van der Waals surface area contributed by atoms with Gasteiger partial charge in [0.25, 0.3) is 11.8 Å². The lowest BCUT2D eigenvalue weighted by atomic mass is 10.1. The first-order valence-corrected chi connectivity index (χ1v) is 8.06. The predicted molar refractivity (Wildman–Crippen MR) is 91.4 cm³/mol. The molecule has 0 unspecified atom stereocenters. The summed E-state index contributed by atoms with van der Waals surface area (Å²) in [7, 11) is 0. The molecule has 24 heavy (non-hydrogen) atoms. The van der Waals surface area contributed by atoms with E-state index in [4.69, 9.17) is 11.6 Å². The van der Waals surface area contributed by atoms with Crippen LogP contribution in [0.5, 0.6) is 5.75 Å². The molecule has 1 N–H and O–H groups in total. The van der Waals surface area contributed by atoms with Crippen molar-refractivity contribution in [3.05, 3.63) is 64.7 Å². The quantitative estimate of drug-likeness (QED) is 0.911. The van der Waals surface area contributed by atoms with Crippen molar-refractivity contribution in [1.82, 2.24) is 9.80 Å². The molecular formula is C18H17ClN2O3. The Hall–Kier alpha value is -2.53. The number of amides is 2. The van der Waals surface area contributed by atoms with E-state index in [1.165, 1.54) is 12.1 Å². The van der Waals surface area contributed by atoms with Crippen LogP contribution in [0.4, 0.5) is 0 Å². The number of phenolic OH excluding ortho intramolecular Hbond substituents is 1. The summed E-state index contributed by atoms with van der Waals surface area (Å²) in [6.07, 6.45) is 0. The Bertz CT molecular complexity index is 756. The molecule has 0 atom stereocenters. The lowest BCUT2D eigenvalue weighted by molar-refractivity contribution is 0.0535. The maximum atomic E-state index is 12.5. The molecule has 0 bridgehead atoms. The highest BCUT2D eigenvalue weighted by molar-refractivity contribution is 6.32. The minimum absolute atomic E-state index is 0.0182. The number of hydrogen-bond donors (Lipinski definition) is 1. The molecule has 0 radical (unpaired) electrons. The van der Waals surface area contributed by atoms with Crippen LogP contribution < -0.4 is 0 Å². The van der Waals surface area contributed by atoms with Gasteiger partial charge in [-0.05, 0) is 30.3 Å². The van der Waals surface area contributed by atoms with Crippen LogP contribution in [0.15, 0.2) is 48.5 Å². The van der Waals surface area contributed by atoms with Crippen molar-refractivity contribution in [2.45, 2.75) is 0 Å². The average Bonchev–Trinajstić information content (AvgIpc) is 2.63. The molecule has 2 aromatic rings. The monoisotopic (exact) mass is 344 g/mol. The van der Waals surface area contributed by atoms with Crippen molar-refractivity contribution in [3.63, 3.8) is 0 Å². The Kier molecular flexibility index (Phi) is 4.71. The molecule has 5 nitrogen and oxygen atoms in total. The average molecular weight is 345 g/mol. The number of benzene rings is 2. The largest absolute Gasteiger partial charge is 0.506 e. The van der Waals surface area contributed by atoms with Crippen LogP contribution >= 0.6 is 11.6 Å². The number of hydrogen-bond acceptors (Lipinski definition) is 3. The molecule has 6 heteroatoms. The summed E-state index contributed by atoms with van der Waals surface area (Å²) in [6, 6.07) is 13.5. The molecule has 2 amide bonds. The van der Waals surface area contributed by atoms with Gasteiger partial charge in [0, 0.05) is 37.3 Å². The van der Waals surface area contributed by atoms with Crippen LogP contribution in [-0.4, -0.2) is 52.9 Å². The van der Waals surface area contributed by atoms with E-state index in [-0.39, 0.29) is 22.6 Å². The van der Waals surface area contributed by atoms with Crippen molar-refractivity contribution < 1.29 is 14.7 Å². The van der Waals surface area contributed by atoms with Crippen LogP contribution in [0.1, 0.15) is 20.7 Å². The van der Waals surface area contributed by atoms with Crippen LogP contribution in [0.25, 0.3) is 0 Å². The fourth-order valence-corrected chi connectivity index (χ4v) is 2.88. The smallest absolute Gasteiger partial charge is 0.254 e. The van der Waals surface area contributed by atoms with Gasteiger partial charge in [-0.2, -0.15) is 0 Å². The van der Waals surface area contributed by atoms with Crippen molar-refractivity contribution in [2.24, 2.45) is 0 Å². The third-order valence-corrected chi connectivity index (χ3v) is 4.37. The fourth-order valence-electron chi connectivity index (χ4n) is 2.70. The van der Waals surface area contributed by atoms with Gasteiger partial charge in [-0.15, -0.1) is 0 Å². The Morgan fingerprint density at radius 1 is 0.833 bits per heavy atom. The van der Waals surface area contributed by atoms with Gasteiger partial charge in [0.15, 0.2) is 0 Å². The normalized spacial score (nSPS) is 14.5. The van der Waals surface area contributed by atoms with Gasteiger partial charge in [0.05, 0.1) is 5.02 Å². The molecule has 124 valence electrons. The molecule has 1 fully saturated rings. The Morgan fingerprint density at radius 3 is 1.92 bits per heavy atom. The molecule has 1 aliphatic rings. The predicted octanol–water partition coefficient (Wildman–Crippen LogP) is 2.64. The molecule has 0 aromatic heterocycles. The zero-order valence-electron chi connectivity index (χ0n) is 13.0. The maximum absolute atomic E-state index is 12.5. The number of halogens is 1. The Labute approximate surface area is 145 Å². The highest BCUT2D eigenvalue weighted by Crippen LogP contribution is 2.24. The topological polar surface area (TPSA) is 60.9 Å². The highest BCUT2D eigenvalue weighted by atomic mass is 35.5. The maximum Gasteiger partial charge on any atom is 0.254 e. The third kappa shape index (κ3) is 3.36. The second kappa shape index (κ2) is 6.93. The van der Waals surface area contributed by atoms with Crippen molar-refractivity contribution in [2.75, 3.05) is 26.2 Å². The molecule has 1 aliphatic heterocycles. The molecule has 1 heterocycles. The number of nitrogens with zero attached hydrogens (tertiary/aromatic N) is 2. The molecule has 0 spiro atoms. The Morgan fingerprint density at radius 2 is 1.38 bits per heavy atom. The van der Waals surface area contributed by atoms with Gasteiger partial charge in [0.2, 0.25) is 0 Å². The first-order valence-electron chi connectivity index (χ1n) is 7.68.